The Hall–Kier alpha value is -1.42. The van der Waals surface area contributed by atoms with Gasteiger partial charge in [0.2, 0.25) is 12.7 Å². The fourth-order valence-electron chi connectivity index (χ4n) is 1.67. The SMILES string of the molecule is CC(NC(=O)CCCl)c1ccc2c(c1)OCO2. The van der Waals surface area contributed by atoms with Crippen molar-refractivity contribution < 1.29 is 14.3 Å². The number of alkyl halides is 1. The topological polar surface area (TPSA) is 47.6 Å². The van der Waals surface area contributed by atoms with Gasteiger partial charge in [-0.05, 0) is 24.6 Å². The van der Waals surface area contributed by atoms with Crippen molar-refractivity contribution in [3.05, 3.63) is 23.8 Å². The number of ether oxygens (including phenoxy) is 2. The van der Waals surface area contributed by atoms with E-state index in [1.54, 1.807) is 0 Å². The number of hydrogen-bond acceptors (Lipinski definition) is 3. The van der Waals surface area contributed by atoms with Crippen LogP contribution in [0.15, 0.2) is 18.2 Å². The lowest BCUT2D eigenvalue weighted by Gasteiger charge is -2.14. The summed E-state index contributed by atoms with van der Waals surface area (Å²) in [4.78, 5) is 11.4. The Kier molecular flexibility index (Phi) is 3.74. The highest BCUT2D eigenvalue weighted by Gasteiger charge is 2.16. The van der Waals surface area contributed by atoms with Gasteiger partial charge < -0.3 is 14.8 Å². The number of carbonyl (C=O) groups excluding carboxylic acids is 1. The van der Waals surface area contributed by atoms with Gasteiger partial charge in [-0.2, -0.15) is 0 Å². The number of rotatable bonds is 4. The van der Waals surface area contributed by atoms with Crippen LogP contribution in [0.2, 0.25) is 0 Å². The fraction of sp³-hybridized carbons (Fsp3) is 0.417. The van der Waals surface area contributed by atoms with Crippen LogP contribution in [-0.4, -0.2) is 18.6 Å². The zero-order valence-corrected chi connectivity index (χ0v) is 10.3. The van der Waals surface area contributed by atoms with Crippen molar-refractivity contribution in [1.29, 1.82) is 0 Å². The zero-order valence-electron chi connectivity index (χ0n) is 9.53. The molecule has 1 N–H and O–H groups in total. The normalized spacial score (nSPS) is 14.5. The van der Waals surface area contributed by atoms with Crippen LogP contribution < -0.4 is 14.8 Å². The summed E-state index contributed by atoms with van der Waals surface area (Å²) in [7, 11) is 0. The molecule has 92 valence electrons. The summed E-state index contributed by atoms with van der Waals surface area (Å²) in [5.41, 5.74) is 0.983. The molecule has 17 heavy (non-hydrogen) atoms. The van der Waals surface area contributed by atoms with E-state index in [-0.39, 0.29) is 18.7 Å². The van der Waals surface area contributed by atoms with E-state index in [2.05, 4.69) is 5.32 Å². The second-order valence-corrected chi connectivity index (χ2v) is 4.22. The third-order valence-electron chi connectivity index (χ3n) is 2.60. The Bertz CT molecular complexity index is 422. The first-order valence-corrected chi connectivity index (χ1v) is 5.99. The molecule has 0 saturated heterocycles. The molecule has 1 aliphatic rings. The van der Waals surface area contributed by atoms with E-state index in [1.165, 1.54) is 0 Å². The number of fused-ring (bicyclic) bond motifs is 1. The molecule has 5 heteroatoms. The largest absolute Gasteiger partial charge is 0.454 e. The first-order valence-electron chi connectivity index (χ1n) is 5.45. The van der Waals surface area contributed by atoms with Gasteiger partial charge in [0.15, 0.2) is 11.5 Å². The van der Waals surface area contributed by atoms with E-state index >= 15 is 0 Å². The maximum absolute atomic E-state index is 11.4. The Morgan fingerprint density at radius 3 is 3.00 bits per heavy atom. The van der Waals surface area contributed by atoms with Crippen molar-refractivity contribution in [3.8, 4) is 11.5 Å². The van der Waals surface area contributed by atoms with Crippen LogP contribution in [0.5, 0.6) is 11.5 Å². The summed E-state index contributed by atoms with van der Waals surface area (Å²) in [6.45, 7) is 2.18. The van der Waals surface area contributed by atoms with Gasteiger partial charge in [0.05, 0.1) is 6.04 Å². The van der Waals surface area contributed by atoms with Crippen LogP contribution in [0.1, 0.15) is 24.9 Å². The van der Waals surface area contributed by atoms with E-state index in [0.29, 0.717) is 12.3 Å². The maximum atomic E-state index is 11.4. The lowest BCUT2D eigenvalue weighted by atomic mass is 10.1. The first-order chi connectivity index (χ1) is 8.20. The van der Waals surface area contributed by atoms with Crippen LogP contribution in [0.25, 0.3) is 0 Å². The molecule has 1 aliphatic heterocycles. The summed E-state index contributed by atoms with van der Waals surface area (Å²) in [5.74, 6) is 1.75. The average Bonchev–Trinajstić information content (AvgIpc) is 2.75. The number of nitrogens with one attached hydrogen (secondary N) is 1. The Morgan fingerprint density at radius 1 is 1.47 bits per heavy atom. The predicted molar refractivity (Wildman–Crippen MR) is 64.5 cm³/mol. The molecule has 0 bridgehead atoms. The molecule has 2 rings (SSSR count). The van der Waals surface area contributed by atoms with Crippen molar-refractivity contribution in [1.82, 2.24) is 5.32 Å². The Labute approximate surface area is 105 Å². The Balaban J connectivity index is 2.04. The van der Waals surface area contributed by atoms with Gasteiger partial charge in [-0.25, -0.2) is 0 Å². The molecule has 1 amide bonds. The Morgan fingerprint density at radius 2 is 2.24 bits per heavy atom. The molecule has 4 nitrogen and oxygen atoms in total. The monoisotopic (exact) mass is 255 g/mol. The summed E-state index contributed by atoms with van der Waals surface area (Å²) < 4.78 is 10.5. The number of carbonyl (C=O) groups is 1. The van der Waals surface area contributed by atoms with Crippen LogP contribution in [0.4, 0.5) is 0 Å². The van der Waals surface area contributed by atoms with Gasteiger partial charge in [0.25, 0.3) is 0 Å². The van der Waals surface area contributed by atoms with E-state index in [9.17, 15) is 4.79 Å². The molecule has 0 aliphatic carbocycles. The molecule has 1 heterocycles. The third kappa shape index (κ3) is 2.82. The van der Waals surface area contributed by atoms with Gasteiger partial charge in [-0.15, -0.1) is 11.6 Å². The van der Waals surface area contributed by atoms with Crippen molar-refractivity contribution in [3.63, 3.8) is 0 Å². The van der Waals surface area contributed by atoms with E-state index in [0.717, 1.165) is 17.1 Å². The summed E-state index contributed by atoms with van der Waals surface area (Å²) >= 11 is 5.51. The second-order valence-electron chi connectivity index (χ2n) is 3.84. The van der Waals surface area contributed by atoms with E-state index in [4.69, 9.17) is 21.1 Å². The molecule has 0 fully saturated rings. The summed E-state index contributed by atoms with van der Waals surface area (Å²) in [6.07, 6.45) is 0.330. The van der Waals surface area contributed by atoms with Gasteiger partial charge in [-0.3, -0.25) is 4.79 Å². The molecule has 1 aromatic carbocycles. The maximum Gasteiger partial charge on any atom is 0.231 e. The first kappa shape index (κ1) is 12.0. The minimum Gasteiger partial charge on any atom is -0.454 e. The molecule has 0 radical (unpaired) electrons. The number of hydrogen-bond donors (Lipinski definition) is 1. The quantitative estimate of drug-likeness (QED) is 0.840. The minimum absolute atomic E-state index is 0.0508. The number of benzene rings is 1. The smallest absolute Gasteiger partial charge is 0.231 e. The van der Waals surface area contributed by atoms with Crippen LogP contribution >= 0.6 is 11.6 Å². The molecule has 1 unspecified atom stereocenters. The zero-order chi connectivity index (χ0) is 12.3. The molecule has 1 atom stereocenters. The van der Waals surface area contributed by atoms with Crippen molar-refractivity contribution >= 4 is 17.5 Å². The highest BCUT2D eigenvalue weighted by atomic mass is 35.5. The molecule has 0 saturated carbocycles. The third-order valence-corrected chi connectivity index (χ3v) is 2.78. The fourth-order valence-corrected chi connectivity index (χ4v) is 1.84. The van der Waals surface area contributed by atoms with Crippen LogP contribution in [0.3, 0.4) is 0 Å². The summed E-state index contributed by atoms with van der Waals surface area (Å²) in [6, 6.07) is 5.58. The van der Waals surface area contributed by atoms with Crippen molar-refractivity contribution in [2.24, 2.45) is 0 Å². The van der Waals surface area contributed by atoms with Crippen LogP contribution in [-0.2, 0) is 4.79 Å². The molecular formula is C12H14ClNO3. The molecule has 0 aromatic heterocycles. The number of amides is 1. The van der Waals surface area contributed by atoms with E-state index < -0.39 is 0 Å². The molecular weight excluding hydrogens is 242 g/mol. The lowest BCUT2D eigenvalue weighted by molar-refractivity contribution is -0.121. The highest BCUT2D eigenvalue weighted by Crippen LogP contribution is 2.34. The minimum atomic E-state index is -0.0692. The van der Waals surface area contributed by atoms with E-state index in [1.807, 2.05) is 25.1 Å². The summed E-state index contributed by atoms with van der Waals surface area (Å²) in [5, 5.41) is 2.87. The average molecular weight is 256 g/mol. The van der Waals surface area contributed by atoms with Gasteiger partial charge in [-0.1, -0.05) is 6.07 Å². The highest BCUT2D eigenvalue weighted by molar-refractivity contribution is 6.18. The van der Waals surface area contributed by atoms with Gasteiger partial charge >= 0.3 is 0 Å². The van der Waals surface area contributed by atoms with Gasteiger partial charge in [0.1, 0.15) is 0 Å². The van der Waals surface area contributed by atoms with Crippen LogP contribution in [0, 0.1) is 0 Å². The number of halogens is 1. The van der Waals surface area contributed by atoms with Crippen molar-refractivity contribution in [2.45, 2.75) is 19.4 Å². The lowest BCUT2D eigenvalue weighted by Crippen LogP contribution is -2.26. The van der Waals surface area contributed by atoms with Crippen molar-refractivity contribution in [2.75, 3.05) is 12.7 Å². The van der Waals surface area contributed by atoms with Gasteiger partial charge in [0, 0.05) is 12.3 Å². The standard InChI is InChI=1S/C12H14ClNO3/c1-8(14-12(15)4-5-13)9-2-3-10-11(6-9)17-7-16-10/h2-3,6,8H,4-5,7H2,1H3,(H,14,15). The second kappa shape index (κ2) is 5.27. The predicted octanol–water partition coefficient (Wildman–Crippen LogP) is 2.22. The molecule has 0 spiro atoms. The molecule has 1 aromatic rings.